The molecule has 1 unspecified atom stereocenters. The minimum absolute atomic E-state index is 0.134. The van der Waals surface area contributed by atoms with E-state index in [9.17, 15) is 4.79 Å². The van der Waals surface area contributed by atoms with E-state index in [1.54, 1.807) is 24.7 Å². The van der Waals surface area contributed by atoms with Crippen LogP contribution in [0.2, 0.25) is 0 Å². The van der Waals surface area contributed by atoms with E-state index in [-0.39, 0.29) is 17.6 Å². The molecule has 1 aliphatic rings. The number of hydrogen-bond acceptors (Lipinski definition) is 6. The van der Waals surface area contributed by atoms with Crippen LogP contribution in [0.4, 0.5) is 0 Å². The zero-order valence-electron chi connectivity index (χ0n) is 16.4. The van der Waals surface area contributed by atoms with E-state index in [0.29, 0.717) is 16.7 Å². The summed E-state index contributed by atoms with van der Waals surface area (Å²) in [5, 5.41) is 4.98. The lowest BCUT2D eigenvalue weighted by Crippen LogP contribution is -2.36. The molecule has 4 heterocycles. The smallest absolute Gasteiger partial charge is 0.302 e. The number of nitrogens with zero attached hydrogens (tertiary/aromatic N) is 5. The van der Waals surface area contributed by atoms with Gasteiger partial charge in [-0.15, -0.1) is 0 Å². The highest BCUT2D eigenvalue weighted by Crippen LogP contribution is 2.25. The first kappa shape index (κ1) is 18.5. The Kier molecular flexibility index (Phi) is 4.98. The van der Waals surface area contributed by atoms with Gasteiger partial charge in [0.1, 0.15) is 0 Å². The molecule has 1 N–H and O–H groups in total. The van der Waals surface area contributed by atoms with Gasteiger partial charge in [0.25, 0.3) is 5.56 Å². The number of hydrogen-bond donors (Lipinski definition) is 1. The van der Waals surface area contributed by atoms with Gasteiger partial charge in [-0.2, -0.15) is 10.1 Å². The molecule has 0 amide bonds. The highest BCUT2D eigenvalue weighted by atomic mass is 16.5. The first-order chi connectivity index (χ1) is 14.7. The largest absolute Gasteiger partial charge is 0.422 e. The third kappa shape index (κ3) is 3.95. The number of fused-ring (bicyclic) bond motifs is 1. The maximum atomic E-state index is 12.2. The van der Waals surface area contributed by atoms with E-state index in [0.717, 1.165) is 32.5 Å². The van der Waals surface area contributed by atoms with Gasteiger partial charge in [-0.3, -0.25) is 24.3 Å². The van der Waals surface area contributed by atoms with Crippen molar-refractivity contribution in [2.75, 3.05) is 13.1 Å². The molecule has 0 radical (unpaired) electrons. The topological polar surface area (TPSA) is 88.9 Å². The van der Waals surface area contributed by atoms with Gasteiger partial charge >= 0.3 is 6.01 Å². The molecule has 3 aromatic heterocycles. The summed E-state index contributed by atoms with van der Waals surface area (Å²) >= 11 is 0. The molecule has 8 heteroatoms. The third-order valence-corrected chi connectivity index (χ3v) is 5.38. The standard InChI is InChI=1S/C22H22N6O2/c29-21-19-8-9-23-12-20(19)25-22(26-21)30-18-11-24-28(15-18)17-7-4-10-27(14-17)13-16-5-2-1-3-6-16/h1-3,5-6,8-9,11-12,15,17H,4,7,10,13-14H2,(H,25,26,29). The molecule has 0 bridgehead atoms. The Labute approximate surface area is 173 Å². The quantitative estimate of drug-likeness (QED) is 0.552. The van der Waals surface area contributed by atoms with Gasteiger partial charge in [0.2, 0.25) is 0 Å². The van der Waals surface area contributed by atoms with Gasteiger partial charge in [-0.25, -0.2) is 0 Å². The fraction of sp³-hybridized carbons (Fsp3) is 0.273. The van der Waals surface area contributed by atoms with Crippen LogP contribution in [0.25, 0.3) is 10.9 Å². The van der Waals surface area contributed by atoms with Crippen LogP contribution in [0.3, 0.4) is 0 Å². The van der Waals surface area contributed by atoms with E-state index in [2.05, 4.69) is 49.2 Å². The molecule has 30 heavy (non-hydrogen) atoms. The van der Waals surface area contributed by atoms with Crippen molar-refractivity contribution in [3.63, 3.8) is 0 Å². The minimum atomic E-state index is -0.256. The number of rotatable bonds is 5. The van der Waals surface area contributed by atoms with Gasteiger partial charge in [-0.05, 0) is 31.0 Å². The van der Waals surface area contributed by atoms with E-state index in [1.807, 2.05) is 16.9 Å². The molecule has 0 spiro atoms. The summed E-state index contributed by atoms with van der Waals surface area (Å²) in [6.07, 6.45) is 8.83. The van der Waals surface area contributed by atoms with Crippen molar-refractivity contribution in [1.29, 1.82) is 0 Å². The number of likely N-dealkylation sites (tertiary alicyclic amines) is 1. The van der Waals surface area contributed by atoms with Gasteiger partial charge in [0.15, 0.2) is 5.75 Å². The number of pyridine rings is 1. The van der Waals surface area contributed by atoms with Gasteiger partial charge in [0.05, 0.1) is 35.5 Å². The summed E-state index contributed by atoms with van der Waals surface area (Å²) in [7, 11) is 0. The number of aromatic nitrogens is 5. The lowest BCUT2D eigenvalue weighted by molar-refractivity contribution is 0.163. The summed E-state index contributed by atoms with van der Waals surface area (Å²) in [6, 6.07) is 12.6. The average Bonchev–Trinajstić information content (AvgIpc) is 3.23. The molecule has 152 valence electrons. The molecular weight excluding hydrogens is 380 g/mol. The van der Waals surface area contributed by atoms with E-state index in [4.69, 9.17) is 4.74 Å². The van der Waals surface area contributed by atoms with Crippen molar-refractivity contribution in [2.45, 2.75) is 25.4 Å². The predicted octanol–water partition coefficient (Wildman–Crippen LogP) is 3.14. The van der Waals surface area contributed by atoms with Crippen molar-refractivity contribution in [3.8, 4) is 11.8 Å². The summed E-state index contributed by atoms with van der Waals surface area (Å²) in [4.78, 5) is 25.7. The lowest BCUT2D eigenvalue weighted by atomic mass is 10.0. The van der Waals surface area contributed by atoms with Crippen LogP contribution in [0.1, 0.15) is 24.4 Å². The molecule has 5 rings (SSSR count). The zero-order chi connectivity index (χ0) is 20.3. The Balaban J connectivity index is 1.29. The van der Waals surface area contributed by atoms with E-state index < -0.39 is 0 Å². The number of H-pyrrole nitrogens is 1. The van der Waals surface area contributed by atoms with Crippen LogP contribution in [-0.4, -0.2) is 42.7 Å². The highest BCUT2D eigenvalue weighted by molar-refractivity contribution is 5.76. The van der Waals surface area contributed by atoms with Gasteiger partial charge in [-0.1, -0.05) is 30.3 Å². The Morgan fingerprint density at radius 2 is 2.07 bits per heavy atom. The van der Waals surface area contributed by atoms with E-state index >= 15 is 0 Å². The molecule has 1 aliphatic heterocycles. The number of aromatic amines is 1. The van der Waals surface area contributed by atoms with Crippen LogP contribution >= 0.6 is 0 Å². The van der Waals surface area contributed by atoms with E-state index in [1.165, 1.54) is 5.56 Å². The number of piperidine rings is 1. The molecular formula is C22H22N6O2. The van der Waals surface area contributed by atoms with Gasteiger partial charge in [0, 0.05) is 19.3 Å². The minimum Gasteiger partial charge on any atom is -0.422 e. The average molecular weight is 402 g/mol. The normalized spacial score (nSPS) is 17.3. The fourth-order valence-corrected chi connectivity index (χ4v) is 3.93. The van der Waals surface area contributed by atoms with Crippen LogP contribution in [0, 0.1) is 0 Å². The second-order valence-corrected chi connectivity index (χ2v) is 7.54. The van der Waals surface area contributed by atoms with Crippen molar-refractivity contribution in [3.05, 3.63) is 77.1 Å². The fourth-order valence-electron chi connectivity index (χ4n) is 3.93. The Morgan fingerprint density at radius 3 is 2.97 bits per heavy atom. The van der Waals surface area contributed by atoms with Crippen LogP contribution in [0.15, 0.2) is 66.0 Å². The monoisotopic (exact) mass is 402 g/mol. The van der Waals surface area contributed by atoms with Crippen molar-refractivity contribution < 1.29 is 4.74 Å². The summed E-state index contributed by atoms with van der Waals surface area (Å²) in [5.74, 6) is 0.543. The van der Waals surface area contributed by atoms with Crippen molar-refractivity contribution in [1.82, 2.24) is 29.6 Å². The molecule has 1 atom stereocenters. The molecule has 0 saturated carbocycles. The Morgan fingerprint density at radius 1 is 1.17 bits per heavy atom. The molecule has 1 fully saturated rings. The predicted molar refractivity (Wildman–Crippen MR) is 112 cm³/mol. The zero-order valence-corrected chi connectivity index (χ0v) is 16.4. The number of ether oxygens (including phenoxy) is 1. The second kappa shape index (κ2) is 8.08. The molecule has 4 aromatic rings. The summed E-state index contributed by atoms with van der Waals surface area (Å²) in [5.41, 5.74) is 1.56. The summed E-state index contributed by atoms with van der Waals surface area (Å²) in [6.45, 7) is 2.97. The SMILES string of the molecule is O=c1[nH]c(Oc2cnn(C3CCCN(Cc4ccccc4)C3)c2)nc2cnccc12. The lowest BCUT2D eigenvalue weighted by Gasteiger charge is -2.32. The number of nitrogens with one attached hydrogen (secondary N) is 1. The van der Waals surface area contributed by atoms with Crippen molar-refractivity contribution >= 4 is 10.9 Å². The van der Waals surface area contributed by atoms with Gasteiger partial charge < -0.3 is 4.74 Å². The first-order valence-electron chi connectivity index (χ1n) is 10.1. The molecule has 8 nitrogen and oxygen atoms in total. The molecule has 0 aliphatic carbocycles. The number of benzene rings is 1. The molecule has 1 saturated heterocycles. The molecule has 1 aromatic carbocycles. The van der Waals surface area contributed by atoms with Crippen molar-refractivity contribution in [2.24, 2.45) is 0 Å². The Bertz CT molecular complexity index is 1200. The third-order valence-electron chi connectivity index (χ3n) is 5.38. The highest BCUT2D eigenvalue weighted by Gasteiger charge is 2.22. The van der Waals surface area contributed by atoms with Crippen LogP contribution in [-0.2, 0) is 6.54 Å². The maximum Gasteiger partial charge on any atom is 0.302 e. The maximum absolute atomic E-state index is 12.2. The summed E-state index contributed by atoms with van der Waals surface area (Å²) < 4.78 is 7.72. The van der Waals surface area contributed by atoms with Crippen LogP contribution < -0.4 is 10.3 Å². The second-order valence-electron chi connectivity index (χ2n) is 7.54. The Hall–Kier alpha value is -3.52. The first-order valence-corrected chi connectivity index (χ1v) is 10.1. The van der Waals surface area contributed by atoms with Crippen LogP contribution in [0.5, 0.6) is 11.8 Å².